The van der Waals surface area contributed by atoms with E-state index in [4.69, 9.17) is 5.26 Å². The predicted octanol–water partition coefficient (Wildman–Crippen LogP) is 3.05. The van der Waals surface area contributed by atoms with E-state index in [1.165, 1.54) is 0 Å². The van der Waals surface area contributed by atoms with Crippen LogP contribution in [0.15, 0.2) is 54.6 Å². The first-order valence-electron chi connectivity index (χ1n) is 7.80. The van der Waals surface area contributed by atoms with E-state index in [1.54, 1.807) is 60.3 Å². The highest BCUT2D eigenvalue weighted by atomic mass is 32.2. The SMILES string of the molecule is CSCC[C@H](NC(=O)c1ccccc1)C(=O)Nc1cccc(C#N)c1. The maximum Gasteiger partial charge on any atom is 0.251 e. The number of hydrogen-bond acceptors (Lipinski definition) is 4. The van der Waals surface area contributed by atoms with Crippen molar-refractivity contribution in [2.24, 2.45) is 0 Å². The summed E-state index contributed by atoms with van der Waals surface area (Å²) in [6.45, 7) is 0. The Morgan fingerprint density at radius 3 is 2.60 bits per heavy atom. The number of nitrogens with zero attached hydrogens (tertiary/aromatic N) is 1. The van der Waals surface area contributed by atoms with Gasteiger partial charge in [0.05, 0.1) is 11.6 Å². The second-order valence-corrected chi connectivity index (χ2v) is 6.34. The zero-order chi connectivity index (χ0) is 18.1. The smallest absolute Gasteiger partial charge is 0.251 e. The van der Waals surface area contributed by atoms with Gasteiger partial charge in [0.25, 0.3) is 5.91 Å². The zero-order valence-corrected chi connectivity index (χ0v) is 14.7. The van der Waals surface area contributed by atoms with Gasteiger partial charge in [-0.05, 0) is 48.8 Å². The van der Waals surface area contributed by atoms with Gasteiger partial charge in [0, 0.05) is 11.3 Å². The van der Waals surface area contributed by atoms with Gasteiger partial charge in [0.2, 0.25) is 5.91 Å². The third-order valence-corrected chi connectivity index (χ3v) is 4.17. The van der Waals surface area contributed by atoms with E-state index in [0.29, 0.717) is 23.2 Å². The van der Waals surface area contributed by atoms with E-state index in [1.807, 2.05) is 18.4 Å². The summed E-state index contributed by atoms with van der Waals surface area (Å²) in [5, 5.41) is 14.5. The minimum absolute atomic E-state index is 0.285. The van der Waals surface area contributed by atoms with E-state index < -0.39 is 6.04 Å². The predicted molar refractivity (Wildman–Crippen MR) is 100 cm³/mol. The van der Waals surface area contributed by atoms with E-state index in [-0.39, 0.29) is 11.8 Å². The number of rotatable bonds is 7. The molecule has 1 atom stereocenters. The standard InChI is InChI=1S/C19H19N3O2S/c1-25-11-10-17(22-18(23)15-7-3-2-4-8-15)19(24)21-16-9-5-6-14(12-16)13-20/h2-9,12,17H,10-11H2,1H3,(H,21,24)(H,22,23)/t17-/m0/s1. The van der Waals surface area contributed by atoms with Crippen molar-refractivity contribution in [3.63, 3.8) is 0 Å². The first-order valence-corrected chi connectivity index (χ1v) is 9.19. The van der Waals surface area contributed by atoms with Crippen LogP contribution in [0, 0.1) is 11.3 Å². The van der Waals surface area contributed by atoms with Gasteiger partial charge >= 0.3 is 0 Å². The second-order valence-electron chi connectivity index (χ2n) is 5.36. The van der Waals surface area contributed by atoms with Crippen LogP contribution in [0.2, 0.25) is 0 Å². The summed E-state index contributed by atoms with van der Waals surface area (Å²) in [5.41, 5.74) is 1.51. The van der Waals surface area contributed by atoms with Crippen molar-refractivity contribution in [2.45, 2.75) is 12.5 Å². The largest absolute Gasteiger partial charge is 0.340 e. The minimum Gasteiger partial charge on any atom is -0.340 e. The van der Waals surface area contributed by atoms with E-state index in [0.717, 1.165) is 5.75 Å². The fraction of sp³-hybridized carbons (Fsp3) is 0.211. The average molecular weight is 353 g/mol. The number of carbonyl (C=O) groups excluding carboxylic acids is 2. The van der Waals surface area contributed by atoms with Gasteiger partial charge in [0.15, 0.2) is 0 Å². The molecule has 2 amide bonds. The van der Waals surface area contributed by atoms with Crippen LogP contribution in [0.4, 0.5) is 5.69 Å². The molecule has 0 spiro atoms. The lowest BCUT2D eigenvalue weighted by Gasteiger charge is -2.18. The van der Waals surface area contributed by atoms with Crippen molar-refractivity contribution >= 4 is 29.3 Å². The molecule has 0 aromatic heterocycles. The van der Waals surface area contributed by atoms with Crippen LogP contribution in [-0.4, -0.2) is 29.9 Å². The number of anilines is 1. The molecule has 6 heteroatoms. The van der Waals surface area contributed by atoms with Gasteiger partial charge in [-0.1, -0.05) is 24.3 Å². The Morgan fingerprint density at radius 2 is 1.92 bits per heavy atom. The van der Waals surface area contributed by atoms with Gasteiger partial charge in [-0.25, -0.2) is 0 Å². The van der Waals surface area contributed by atoms with Crippen LogP contribution < -0.4 is 10.6 Å². The van der Waals surface area contributed by atoms with Gasteiger partial charge in [-0.15, -0.1) is 0 Å². The summed E-state index contributed by atoms with van der Waals surface area (Å²) in [4.78, 5) is 24.9. The van der Waals surface area contributed by atoms with Crippen molar-refractivity contribution in [1.29, 1.82) is 5.26 Å². The molecular formula is C19H19N3O2S. The highest BCUT2D eigenvalue weighted by Crippen LogP contribution is 2.12. The Kier molecular flexibility index (Phi) is 7.05. The molecule has 0 radical (unpaired) electrons. The van der Waals surface area contributed by atoms with Crippen LogP contribution in [0.1, 0.15) is 22.3 Å². The van der Waals surface area contributed by atoms with Crippen molar-refractivity contribution < 1.29 is 9.59 Å². The normalized spacial score (nSPS) is 11.2. The van der Waals surface area contributed by atoms with Crippen molar-refractivity contribution in [1.82, 2.24) is 5.32 Å². The van der Waals surface area contributed by atoms with Gasteiger partial charge < -0.3 is 10.6 Å². The van der Waals surface area contributed by atoms with Crippen LogP contribution in [0.3, 0.4) is 0 Å². The van der Waals surface area contributed by atoms with Gasteiger partial charge in [-0.2, -0.15) is 17.0 Å². The minimum atomic E-state index is -0.647. The summed E-state index contributed by atoms with van der Waals surface area (Å²) >= 11 is 1.61. The van der Waals surface area contributed by atoms with Gasteiger partial charge in [0.1, 0.15) is 6.04 Å². The molecule has 2 aromatic carbocycles. The maximum atomic E-state index is 12.6. The Labute approximate surface area is 151 Å². The molecule has 0 aliphatic carbocycles. The lowest BCUT2D eigenvalue weighted by Crippen LogP contribution is -2.44. The summed E-state index contributed by atoms with van der Waals surface area (Å²) in [6, 6.07) is 16.9. The van der Waals surface area contributed by atoms with Crippen LogP contribution >= 0.6 is 11.8 Å². The number of hydrogen-bond donors (Lipinski definition) is 2. The number of thioether (sulfide) groups is 1. The van der Waals surface area contributed by atoms with Gasteiger partial charge in [-0.3, -0.25) is 9.59 Å². The molecule has 2 aromatic rings. The number of nitrogens with one attached hydrogen (secondary N) is 2. The monoisotopic (exact) mass is 353 g/mol. The number of carbonyl (C=O) groups is 2. The Hall–Kier alpha value is -2.78. The first-order chi connectivity index (χ1) is 12.1. The summed E-state index contributed by atoms with van der Waals surface area (Å²) in [6.07, 6.45) is 2.47. The molecule has 0 aliphatic heterocycles. The molecule has 25 heavy (non-hydrogen) atoms. The molecule has 2 rings (SSSR count). The molecule has 0 heterocycles. The molecule has 0 unspecified atom stereocenters. The lowest BCUT2D eigenvalue weighted by molar-refractivity contribution is -0.118. The molecule has 2 N–H and O–H groups in total. The molecule has 128 valence electrons. The van der Waals surface area contributed by atoms with Crippen LogP contribution in [0.25, 0.3) is 0 Å². The molecule has 0 saturated carbocycles. The quantitative estimate of drug-likeness (QED) is 0.801. The van der Waals surface area contributed by atoms with E-state index in [9.17, 15) is 9.59 Å². The molecule has 0 saturated heterocycles. The van der Waals surface area contributed by atoms with Crippen molar-refractivity contribution in [3.05, 3.63) is 65.7 Å². The second kappa shape index (κ2) is 9.50. The molecular weight excluding hydrogens is 334 g/mol. The van der Waals surface area contributed by atoms with E-state index >= 15 is 0 Å². The lowest BCUT2D eigenvalue weighted by atomic mass is 10.1. The van der Waals surface area contributed by atoms with Crippen LogP contribution in [0.5, 0.6) is 0 Å². The third kappa shape index (κ3) is 5.66. The van der Waals surface area contributed by atoms with E-state index in [2.05, 4.69) is 10.6 Å². The highest BCUT2D eigenvalue weighted by Gasteiger charge is 2.21. The Balaban J connectivity index is 2.08. The molecule has 5 nitrogen and oxygen atoms in total. The summed E-state index contributed by atoms with van der Waals surface area (Å²) in [7, 11) is 0. The van der Waals surface area contributed by atoms with Crippen molar-refractivity contribution in [2.75, 3.05) is 17.3 Å². The number of nitriles is 1. The Bertz CT molecular complexity index is 772. The summed E-state index contributed by atoms with van der Waals surface area (Å²) < 4.78 is 0. The van der Waals surface area contributed by atoms with Crippen LogP contribution in [-0.2, 0) is 4.79 Å². The maximum absolute atomic E-state index is 12.6. The molecule has 0 bridgehead atoms. The first kappa shape index (κ1) is 18.6. The average Bonchev–Trinajstić information content (AvgIpc) is 2.65. The fourth-order valence-corrected chi connectivity index (χ4v) is 2.70. The zero-order valence-electron chi connectivity index (χ0n) is 13.9. The summed E-state index contributed by atoms with van der Waals surface area (Å²) in [5.74, 6) is 0.159. The topological polar surface area (TPSA) is 82.0 Å². The third-order valence-electron chi connectivity index (χ3n) is 3.53. The highest BCUT2D eigenvalue weighted by molar-refractivity contribution is 7.98. The number of benzene rings is 2. The van der Waals surface area contributed by atoms with Crippen molar-refractivity contribution in [3.8, 4) is 6.07 Å². The number of amides is 2. The Morgan fingerprint density at radius 1 is 1.16 bits per heavy atom. The fourth-order valence-electron chi connectivity index (χ4n) is 2.23. The molecule has 0 aliphatic rings. The molecule has 0 fully saturated rings.